The van der Waals surface area contributed by atoms with Gasteiger partial charge < -0.3 is 25.1 Å². The minimum absolute atomic E-state index is 0. The fraction of sp³-hybridized carbons (Fsp3) is 0.389. The number of imidazole rings is 1. The fourth-order valence-electron chi connectivity index (χ4n) is 2.82. The summed E-state index contributed by atoms with van der Waals surface area (Å²) < 4.78 is 12.9. The van der Waals surface area contributed by atoms with Crippen molar-refractivity contribution < 1.29 is 30.5 Å². The second-order valence-corrected chi connectivity index (χ2v) is 7.48. The van der Waals surface area contributed by atoms with E-state index in [1.165, 1.54) is 18.1 Å². The van der Waals surface area contributed by atoms with E-state index in [0.29, 0.717) is 23.1 Å². The Morgan fingerprint density at radius 3 is 2.96 bits per heavy atom. The Bertz CT molecular complexity index is 965. The van der Waals surface area contributed by atoms with Crippen molar-refractivity contribution in [1.82, 2.24) is 24.8 Å². The van der Waals surface area contributed by atoms with Crippen LogP contribution in [0.4, 0.5) is 5.82 Å². The largest absolute Gasteiger partial charge is 0.516 e. The van der Waals surface area contributed by atoms with Crippen molar-refractivity contribution in [3.8, 4) is 11.5 Å². The first-order chi connectivity index (χ1) is 13.1. The molecule has 0 fully saturated rings. The predicted octanol–water partition coefficient (Wildman–Crippen LogP) is 2.47. The van der Waals surface area contributed by atoms with Crippen LogP contribution in [0.5, 0.6) is 11.5 Å². The van der Waals surface area contributed by atoms with E-state index in [0.717, 1.165) is 41.0 Å². The molecule has 28 heavy (non-hydrogen) atoms. The van der Waals surface area contributed by atoms with Crippen LogP contribution in [0.1, 0.15) is 20.3 Å². The molecule has 0 bridgehead atoms. The van der Waals surface area contributed by atoms with Crippen LogP contribution in [0.3, 0.4) is 0 Å². The summed E-state index contributed by atoms with van der Waals surface area (Å²) in [6.45, 7) is 6.21. The van der Waals surface area contributed by atoms with E-state index in [2.05, 4.69) is 44.7 Å². The standard InChI is InChI=1S/C18H21N6O2S.W/c1-11(2)20-6-3-7-24-17-15(16(19)21-9-22-17)23-18(24)27-12-4-5-13-14(8-12)26-10-25-13;/h5,8-9,11,20H,3,6-7,10H2,1-2H3,(H2,19,21,22);/q-1;. The topological polar surface area (TPSA) is 100 Å². The van der Waals surface area contributed by atoms with E-state index in [-0.39, 0.29) is 27.9 Å². The number of fused-ring (bicyclic) bond motifs is 2. The molecule has 1 aliphatic heterocycles. The number of rotatable bonds is 7. The number of nitrogens with zero attached hydrogens (tertiary/aromatic N) is 4. The third-order valence-electron chi connectivity index (χ3n) is 4.12. The maximum atomic E-state index is 6.01. The molecule has 0 radical (unpaired) electrons. The molecule has 4 rings (SSSR count). The zero-order valence-corrected chi connectivity index (χ0v) is 19.4. The van der Waals surface area contributed by atoms with Crippen LogP contribution < -0.4 is 20.5 Å². The Balaban J connectivity index is 0.00000225. The Morgan fingerprint density at radius 2 is 2.14 bits per heavy atom. The van der Waals surface area contributed by atoms with Gasteiger partial charge in [0.05, 0.1) is 11.5 Å². The zero-order chi connectivity index (χ0) is 18.8. The van der Waals surface area contributed by atoms with Gasteiger partial charge in [0.15, 0.2) is 22.1 Å². The number of aryl methyl sites for hydroxylation is 1. The average Bonchev–Trinajstić information content (AvgIpc) is 3.24. The van der Waals surface area contributed by atoms with E-state index >= 15 is 0 Å². The number of benzene rings is 1. The summed E-state index contributed by atoms with van der Waals surface area (Å²) in [5.41, 5.74) is 7.38. The Labute approximate surface area is 181 Å². The van der Waals surface area contributed by atoms with Crippen LogP contribution in [0.25, 0.3) is 11.2 Å². The molecular formula is C18H21N6O2SW-. The normalized spacial score (nSPS) is 12.5. The second kappa shape index (κ2) is 9.11. The van der Waals surface area contributed by atoms with Crippen LogP contribution in [0, 0.1) is 6.07 Å². The van der Waals surface area contributed by atoms with Gasteiger partial charge in [0.2, 0.25) is 6.79 Å². The van der Waals surface area contributed by atoms with Crippen LogP contribution in [-0.4, -0.2) is 38.9 Å². The van der Waals surface area contributed by atoms with E-state index in [9.17, 15) is 0 Å². The molecule has 0 unspecified atom stereocenters. The van der Waals surface area contributed by atoms with Crippen LogP contribution in [0.15, 0.2) is 28.5 Å². The van der Waals surface area contributed by atoms with Gasteiger partial charge in [0.1, 0.15) is 6.33 Å². The molecule has 0 saturated carbocycles. The number of anilines is 1. The Kier molecular flexibility index (Phi) is 6.80. The molecule has 3 heterocycles. The molecule has 0 saturated heterocycles. The summed E-state index contributed by atoms with van der Waals surface area (Å²) >= 11 is 1.50. The summed E-state index contributed by atoms with van der Waals surface area (Å²) in [5.74, 6) is 1.82. The maximum Gasteiger partial charge on any atom is 0.215 e. The molecule has 0 spiro atoms. The van der Waals surface area contributed by atoms with Crippen molar-refractivity contribution in [3.63, 3.8) is 0 Å². The minimum Gasteiger partial charge on any atom is -0.516 e. The zero-order valence-electron chi connectivity index (χ0n) is 15.6. The van der Waals surface area contributed by atoms with Gasteiger partial charge in [0, 0.05) is 33.7 Å². The summed E-state index contributed by atoms with van der Waals surface area (Å²) in [4.78, 5) is 14.0. The molecule has 2 aromatic heterocycles. The van der Waals surface area contributed by atoms with Gasteiger partial charge >= 0.3 is 0 Å². The van der Waals surface area contributed by atoms with E-state index in [1.54, 1.807) is 6.07 Å². The summed E-state index contributed by atoms with van der Waals surface area (Å²) in [6, 6.07) is 7.37. The first-order valence-corrected chi connectivity index (χ1v) is 9.62. The first kappa shape index (κ1) is 20.9. The van der Waals surface area contributed by atoms with Crippen LogP contribution in [-0.2, 0) is 27.6 Å². The number of nitrogens with one attached hydrogen (secondary N) is 1. The molecular weight excluding hydrogens is 548 g/mol. The van der Waals surface area contributed by atoms with Crippen molar-refractivity contribution in [1.29, 1.82) is 0 Å². The first-order valence-electron chi connectivity index (χ1n) is 8.81. The van der Waals surface area contributed by atoms with Gasteiger partial charge in [0.25, 0.3) is 0 Å². The van der Waals surface area contributed by atoms with Gasteiger partial charge in [-0.2, -0.15) is 6.07 Å². The maximum absolute atomic E-state index is 6.01. The number of nitrogens with two attached hydrogens (primary N) is 1. The SMILES string of the molecule is CC(C)NCCCn1c(Sc2[c-]cc3c(c2)OCO3)nc2c(N)ncnc21.[W]. The summed E-state index contributed by atoms with van der Waals surface area (Å²) in [7, 11) is 0. The number of aromatic nitrogens is 4. The van der Waals surface area contributed by atoms with Gasteiger partial charge in [-0.15, -0.1) is 12.1 Å². The number of hydrogen-bond acceptors (Lipinski definition) is 8. The van der Waals surface area contributed by atoms with Gasteiger partial charge in [-0.1, -0.05) is 30.5 Å². The summed E-state index contributed by atoms with van der Waals surface area (Å²) in [6.07, 6.45) is 2.43. The number of hydrogen-bond donors (Lipinski definition) is 2. The quantitative estimate of drug-likeness (QED) is 0.331. The molecule has 0 aliphatic carbocycles. The minimum atomic E-state index is 0. The molecule has 148 valence electrons. The predicted molar refractivity (Wildman–Crippen MR) is 103 cm³/mol. The Hall–Kier alpha value is -1.83. The smallest absolute Gasteiger partial charge is 0.215 e. The molecule has 3 N–H and O–H groups in total. The van der Waals surface area contributed by atoms with Gasteiger partial charge in [-0.05, 0) is 13.0 Å². The molecule has 8 nitrogen and oxygen atoms in total. The van der Waals surface area contributed by atoms with Crippen LogP contribution in [0.2, 0.25) is 0 Å². The van der Waals surface area contributed by atoms with Crippen molar-refractivity contribution in [2.24, 2.45) is 0 Å². The summed E-state index contributed by atoms with van der Waals surface area (Å²) in [5, 5.41) is 4.23. The van der Waals surface area contributed by atoms with E-state index in [1.807, 2.05) is 6.07 Å². The van der Waals surface area contributed by atoms with Crippen molar-refractivity contribution in [2.45, 2.75) is 42.9 Å². The molecule has 1 aliphatic rings. The number of nitrogen functional groups attached to an aromatic ring is 1. The van der Waals surface area contributed by atoms with Crippen LogP contribution >= 0.6 is 11.8 Å². The second-order valence-electron chi connectivity index (χ2n) is 6.47. The van der Waals surface area contributed by atoms with E-state index in [4.69, 9.17) is 15.2 Å². The third-order valence-corrected chi connectivity index (χ3v) is 5.07. The third kappa shape index (κ3) is 4.42. The molecule has 1 aromatic carbocycles. The number of ether oxygens (including phenoxy) is 2. The molecule has 0 atom stereocenters. The monoisotopic (exact) mass is 569 g/mol. The molecule has 3 aromatic rings. The Morgan fingerprint density at radius 1 is 1.32 bits per heavy atom. The van der Waals surface area contributed by atoms with Crippen molar-refractivity contribution >= 4 is 28.7 Å². The fourth-order valence-corrected chi connectivity index (χ4v) is 3.73. The van der Waals surface area contributed by atoms with Gasteiger partial charge in [-0.25, -0.2) is 15.0 Å². The van der Waals surface area contributed by atoms with Crippen molar-refractivity contribution in [2.75, 3.05) is 19.1 Å². The molecule has 0 amide bonds. The van der Waals surface area contributed by atoms with E-state index < -0.39 is 0 Å². The van der Waals surface area contributed by atoms with Gasteiger partial charge in [-0.3, -0.25) is 0 Å². The van der Waals surface area contributed by atoms with Crippen molar-refractivity contribution in [3.05, 3.63) is 24.5 Å². The average molecular weight is 569 g/mol. The molecule has 10 heteroatoms.